The third-order valence-corrected chi connectivity index (χ3v) is 8.52. The van der Waals surface area contributed by atoms with Crippen molar-refractivity contribution in [3.63, 3.8) is 0 Å². The van der Waals surface area contributed by atoms with Crippen LogP contribution in [-0.2, 0) is 9.59 Å². The van der Waals surface area contributed by atoms with Gasteiger partial charge in [-0.3, -0.25) is 29.3 Å². The highest BCUT2D eigenvalue weighted by Crippen LogP contribution is 2.65. The van der Waals surface area contributed by atoms with Gasteiger partial charge in [-0.1, -0.05) is 35.4 Å². The summed E-state index contributed by atoms with van der Waals surface area (Å²) < 4.78 is 0. The molecule has 11 heteroatoms. The molecule has 6 atom stereocenters. The Labute approximate surface area is 220 Å². The molecule has 9 nitrogen and oxygen atoms in total. The molecule has 1 aliphatic heterocycles. The molecule has 1 heterocycles. The fraction of sp³-hybridized carbons (Fsp3) is 0.308. The van der Waals surface area contributed by atoms with Crippen LogP contribution in [0.15, 0.2) is 54.6 Å². The molecular weight excluding hydrogens is 521 g/mol. The second-order valence-electron chi connectivity index (χ2n) is 9.86. The molecule has 0 spiro atoms. The summed E-state index contributed by atoms with van der Waals surface area (Å²) in [5.74, 6) is -2.96. The standard InChI is InChI=1S/C26H19Cl2N3O6/c27-13-3-6-17(20(28)9-13)24(33)29(11-21(32)12-1-4-14(5-2-12)31(36)37)30-25(34)22-15-7-8-16(19-10-18(15)19)23(22)26(30)35/h1-9,15-16,18-19,22-23H,10-11H2/t15-,16-,18-,19-,22-,23+/m0/s1. The molecule has 4 aliphatic carbocycles. The van der Waals surface area contributed by atoms with Crippen molar-refractivity contribution < 1.29 is 24.1 Å². The van der Waals surface area contributed by atoms with Crippen molar-refractivity contribution in [2.75, 3.05) is 6.54 Å². The first kappa shape index (κ1) is 23.8. The normalized spacial score (nSPS) is 28.6. The van der Waals surface area contributed by atoms with Gasteiger partial charge in [-0.25, -0.2) is 5.01 Å². The van der Waals surface area contributed by atoms with E-state index in [4.69, 9.17) is 23.2 Å². The fourth-order valence-electron chi connectivity index (χ4n) is 6.21. The predicted octanol–water partition coefficient (Wildman–Crippen LogP) is 4.19. The topological polar surface area (TPSA) is 118 Å². The van der Waals surface area contributed by atoms with Gasteiger partial charge in [0.15, 0.2) is 5.78 Å². The zero-order valence-electron chi connectivity index (χ0n) is 19.1. The molecule has 7 rings (SSSR count). The van der Waals surface area contributed by atoms with Crippen molar-refractivity contribution in [1.82, 2.24) is 10.0 Å². The number of nitro groups is 1. The molecule has 2 aromatic rings. The second kappa shape index (κ2) is 8.49. The molecule has 5 aliphatic rings. The molecule has 2 bridgehead atoms. The number of non-ortho nitro benzene ring substituents is 1. The number of amides is 3. The molecule has 3 amide bonds. The molecule has 0 N–H and O–H groups in total. The van der Waals surface area contributed by atoms with E-state index in [1.165, 1.54) is 42.5 Å². The lowest BCUT2D eigenvalue weighted by Crippen LogP contribution is -2.52. The number of nitro benzene ring substituents is 1. The molecule has 0 unspecified atom stereocenters. The Morgan fingerprint density at radius 3 is 2.11 bits per heavy atom. The summed E-state index contributed by atoms with van der Waals surface area (Å²) >= 11 is 12.2. The summed E-state index contributed by atoms with van der Waals surface area (Å²) in [6, 6.07) is 9.05. The number of ketones is 1. The monoisotopic (exact) mass is 539 g/mol. The lowest BCUT2D eigenvalue weighted by atomic mass is 9.63. The summed E-state index contributed by atoms with van der Waals surface area (Å²) in [7, 11) is 0. The number of benzene rings is 2. The number of nitrogens with zero attached hydrogens (tertiary/aromatic N) is 3. The number of Topliss-reactive ketones (excluding diaryl/α,β-unsaturated/α-hetero) is 1. The number of hydrazine groups is 1. The van der Waals surface area contributed by atoms with E-state index in [0.717, 1.165) is 16.4 Å². The Hall–Kier alpha value is -3.56. The summed E-state index contributed by atoms with van der Waals surface area (Å²) in [6.07, 6.45) is 5.01. The number of carbonyl (C=O) groups excluding carboxylic acids is 4. The Kier molecular flexibility index (Phi) is 5.47. The van der Waals surface area contributed by atoms with Crippen molar-refractivity contribution >= 4 is 52.4 Å². The summed E-state index contributed by atoms with van der Waals surface area (Å²) in [5, 5.41) is 12.9. The van der Waals surface area contributed by atoms with Gasteiger partial charge in [0, 0.05) is 22.7 Å². The number of halogens is 2. The fourth-order valence-corrected chi connectivity index (χ4v) is 6.70. The second-order valence-corrected chi connectivity index (χ2v) is 10.7. The van der Waals surface area contributed by atoms with Crippen LogP contribution in [0, 0.1) is 45.6 Å². The highest BCUT2D eigenvalue weighted by molar-refractivity contribution is 6.36. The van der Waals surface area contributed by atoms with Crippen LogP contribution in [0.4, 0.5) is 5.69 Å². The van der Waals surface area contributed by atoms with Crippen LogP contribution in [0.5, 0.6) is 0 Å². The molecule has 2 saturated carbocycles. The number of hydrogen-bond donors (Lipinski definition) is 0. The summed E-state index contributed by atoms with van der Waals surface area (Å²) in [6.45, 7) is -0.637. The SMILES string of the molecule is O=C(CN(C(=O)c1ccc(Cl)cc1Cl)N1C(=O)[C@@H]2[C@H]3C=C[C@@H]([C@@H]4C[C@@H]34)[C@@H]2C1=O)c1ccc([N+](=O)[O-])cc1. The van der Waals surface area contributed by atoms with E-state index in [2.05, 4.69) is 0 Å². The average molecular weight is 540 g/mol. The number of hydrogen-bond acceptors (Lipinski definition) is 6. The largest absolute Gasteiger partial charge is 0.292 e. The molecular formula is C26H19Cl2N3O6. The van der Waals surface area contributed by atoms with E-state index < -0.39 is 46.8 Å². The van der Waals surface area contributed by atoms with Crippen LogP contribution in [0.3, 0.4) is 0 Å². The molecule has 2 aromatic carbocycles. The zero-order chi connectivity index (χ0) is 26.2. The van der Waals surface area contributed by atoms with Gasteiger partial charge in [-0.15, -0.1) is 0 Å². The van der Waals surface area contributed by atoms with Crippen molar-refractivity contribution in [3.8, 4) is 0 Å². The number of rotatable bonds is 6. The molecule has 3 fully saturated rings. The number of imide groups is 1. The van der Waals surface area contributed by atoms with Crippen LogP contribution in [0.1, 0.15) is 27.1 Å². The Bertz CT molecular complexity index is 1390. The molecule has 188 valence electrons. The maximum absolute atomic E-state index is 13.7. The van der Waals surface area contributed by atoms with Gasteiger partial charge in [0.25, 0.3) is 23.4 Å². The molecule has 0 radical (unpaired) electrons. The smallest absolute Gasteiger partial charge is 0.274 e. The first-order valence-electron chi connectivity index (χ1n) is 11.8. The Morgan fingerprint density at radius 2 is 1.57 bits per heavy atom. The maximum atomic E-state index is 13.7. The van der Waals surface area contributed by atoms with Crippen LogP contribution < -0.4 is 0 Å². The van der Waals surface area contributed by atoms with E-state index in [-0.39, 0.29) is 38.7 Å². The lowest BCUT2D eigenvalue weighted by Gasteiger charge is -2.37. The minimum atomic E-state index is -0.803. The van der Waals surface area contributed by atoms with Gasteiger partial charge in [0.1, 0.15) is 6.54 Å². The van der Waals surface area contributed by atoms with Gasteiger partial charge >= 0.3 is 0 Å². The first-order valence-corrected chi connectivity index (χ1v) is 12.5. The van der Waals surface area contributed by atoms with E-state index in [1.807, 2.05) is 12.2 Å². The summed E-state index contributed by atoms with van der Waals surface area (Å²) in [4.78, 5) is 64.7. The predicted molar refractivity (Wildman–Crippen MR) is 131 cm³/mol. The quantitative estimate of drug-likeness (QED) is 0.178. The maximum Gasteiger partial charge on any atom is 0.274 e. The Morgan fingerprint density at radius 1 is 0.973 bits per heavy atom. The van der Waals surface area contributed by atoms with Crippen molar-refractivity contribution in [2.45, 2.75) is 6.42 Å². The average Bonchev–Trinajstić information content (AvgIpc) is 3.66. The van der Waals surface area contributed by atoms with E-state index in [0.29, 0.717) is 11.8 Å². The van der Waals surface area contributed by atoms with Gasteiger partial charge in [-0.2, -0.15) is 5.01 Å². The van der Waals surface area contributed by atoms with Gasteiger partial charge < -0.3 is 0 Å². The lowest BCUT2D eigenvalue weighted by molar-refractivity contribution is -0.384. The minimum absolute atomic E-state index is 0.00442. The first-order chi connectivity index (χ1) is 17.7. The minimum Gasteiger partial charge on any atom is -0.292 e. The van der Waals surface area contributed by atoms with Crippen molar-refractivity contribution in [3.05, 3.63) is 85.9 Å². The molecule has 37 heavy (non-hydrogen) atoms. The van der Waals surface area contributed by atoms with E-state index in [1.54, 1.807) is 0 Å². The number of allylic oxidation sites excluding steroid dienone is 2. The van der Waals surface area contributed by atoms with E-state index >= 15 is 0 Å². The van der Waals surface area contributed by atoms with Crippen LogP contribution in [0.2, 0.25) is 10.0 Å². The molecule has 1 saturated heterocycles. The third kappa shape index (κ3) is 3.67. The van der Waals surface area contributed by atoms with Crippen molar-refractivity contribution in [1.29, 1.82) is 0 Å². The molecule has 0 aromatic heterocycles. The van der Waals surface area contributed by atoms with E-state index in [9.17, 15) is 29.3 Å². The number of carbonyl (C=O) groups is 4. The highest BCUT2D eigenvalue weighted by atomic mass is 35.5. The van der Waals surface area contributed by atoms with Crippen LogP contribution >= 0.6 is 23.2 Å². The van der Waals surface area contributed by atoms with Gasteiger partial charge in [0.05, 0.1) is 27.3 Å². The summed E-state index contributed by atoms with van der Waals surface area (Å²) in [5.41, 5.74) is -0.139. The van der Waals surface area contributed by atoms with Crippen molar-refractivity contribution in [2.24, 2.45) is 35.5 Å². The van der Waals surface area contributed by atoms with Gasteiger partial charge in [0.2, 0.25) is 0 Å². The zero-order valence-corrected chi connectivity index (χ0v) is 20.6. The van der Waals surface area contributed by atoms with Crippen LogP contribution in [0.25, 0.3) is 0 Å². The van der Waals surface area contributed by atoms with Crippen LogP contribution in [-0.4, -0.2) is 45.0 Å². The third-order valence-electron chi connectivity index (χ3n) is 7.97. The highest BCUT2D eigenvalue weighted by Gasteiger charge is 2.68. The Balaban J connectivity index is 1.36. The van der Waals surface area contributed by atoms with Gasteiger partial charge in [-0.05, 0) is 60.4 Å².